The number of nitrogens with zero attached hydrogens (tertiary/aromatic N) is 3. The molecular weight excluding hydrogens is 286 g/mol. The van der Waals surface area contributed by atoms with Gasteiger partial charge in [0.15, 0.2) is 5.69 Å². The van der Waals surface area contributed by atoms with Crippen molar-refractivity contribution in [3.05, 3.63) is 46.8 Å². The number of hydrogen-bond donors (Lipinski definition) is 0. The Morgan fingerprint density at radius 2 is 2.12 bits per heavy atom. The summed E-state index contributed by atoms with van der Waals surface area (Å²) in [6.07, 6.45) is 3.07. The molecule has 2 rings (SSSR count). The van der Waals surface area contributed by atoms with Gasteiger partial charge in [-0.3, -0.25) is 0 Å². The van der Waals surface area contributed by atoms with E-state index in [1.807, 2.05) is 30.3 Å². The lowest BCUT2D eigenvalue weighted by Gasteiger charge is -2.00. The van der Waals surface area contributed by atoms with Crippen molar-refractivity contribution in [1.82, 2.24) is 9.97 Å². The molecule has 2 aromatic rings. The zero-order chi connectivity index (χ0) is 11.4. The first-order valence-corrected chi connectivity index (χ1v) is 6.04. The molecule has 0 spiro atoms. The second kappa shape index (κ2) is 5.10. The average molecular weight is 292 g/mol. The summed E-state index contributed by atoms with van der Waals surface area (Å²) in [4.78, 5) is 9.17. The van der Waals surface area contributed by atoms with Crippen molar-refractivity contribution in [2.75, 3.05) is 0 Å². The van der Waals surface area contributed by atoms with E-state index in [-0.39, 0.29) is 0 Å². The maximum absolute atomic E-state index is 8.59. The largest absolute Gasteiger partial charge is 0.245 e. The highest BCUT2D eigenvalue weighted by Crippen LogP contribution is 2.27. The molecule has 1 aromatic carbocycles. The van der Waals surface area contributed by atoms with Gasteiger partial charge in [0.1, 0.15) is 11.1 Å². The van der Waals surface area contributed by atoms with Crippen LogP contribution in [0.15, 0.2) is 51.1 Å². The van der Waals surface area contributed by atoms with Gasteiger partial charge in [-0.15, -0.1) is 0 Å². The zero-order valence-corrected chi connectivity index (χ0v) is 10.5. The van der Waals surface area contributed by atoms with Crippen molar-refractivity contribution in [2.24, 2.45) is 0 Å². The molecular formula is C11H6BrN3S. The van der Waals surface area contributed by atoms with E-state index in [2.05, 4.69) is 25.9 Å². The summed E-state index contributed by atoms with van der Waals surface area (Å²) in [6, 6.07) is 9.87. The van der Waals surface area contributed by atoms with E-state index in [0.29, 0.717) is 5.69 Å². The van der Waals surface area contributed by atoms with E-state index in [0.717, 1.165) is 14.4 Å². The van der Waals surface area contributed by atoms with Crippen molar-refractivity contribution in [3.63, 3.8) is 0 Å². The van der Waals surface area contributed by atoms with Crippen molar-refractivity contribution >= 4 is 27.7 Å². The number of hydrogen-bond acceptors (Lipinski definition) is 4. The van der Waals surface area contributed by atoms with Crippen LogP contribution >= 0.6 is 27.7 Å². The van der Waals surface area contributed by atoms with Gasteiger partial charge in [0.2, 0.25) is 0 Å². The van der Waals surface area contributed by atoms with Gasteiger partial charge in [-0.05, 0) is 18.2 Å². The fourth-order valence-corrected chi connectivity index (χ4v) is 2.41. The molecule has 0 unspecified atom stereocenters. The van der Waals surface area contributed by atoms with Crippen LogP contribution in [-0.2, 0) is 0 Å². The van der Waals surface area contributed by atoms with Crippen LogP contribution in [0.25, 0.3) is 0 Å². The highest BCUT2D eigenvalue weighted by atomic mass is 79.9. The van der Waals surface area contributed by atoms with E-state index in [9.17, 15) is 0 Å². The van der Waals surface area contributed by atoms with Gasteiger partial charge in [0, 0.05) is 9.37 Å². The highest BCUT2D eigenvalue weighted by molar-refractivity contribution is 9.10. The third kappa shape index (κ3) is 2.81. The number of benzene rings is 1. The predicted octanol–water partition coefficient (Wildman–Crippen LogP) is 3.26. The summed E-state index contributed by atoms with van der Waals surface area (Å²) in [5, 5.41) is 9.36. The minimum Gasteiger partial charge on any atom is -0.245 e. The monoisotopic (exact) mass is 291 g/mol. The molecule has 78 valence electrons. The summed E-state index contributed by atoms with van der Waals surface area (Å²) in [7, 11) is 0. The van der Waals surface area contributed by atoms with Crippen LogP contribution in [0.5, 0.6) is 0 Å². The predicted molar refractivity (Wildman–Crippen MR) is 65.0 cm³/mol. The second-order valence-electron chi connectivity index (χ2n) is 2.91. The molecule has 0 saturated heterocycles. The molecule has 1 aromatic heterocycles. The SMILES string of the molecule is N#Cc1cnc(Sc2cccc(Br)c2)cn1. The molecule has 0 aliphatic carbocycles. The molecule has 0 N–H and O–H groups in total. The highest BCUT2D eigenvalue weighted by Gasteiger charge is 2.00. The maximum Gasteiger partial charge on any atom is 0.158 e. The quantitative estimate of drug-likeness (QED) is 0.852. The Morgan fingerprint density at radius 1 is 1.25 bits per heavy atom. The molecule has 5 heteroatoms. The standard InChI is InChI=1S/C11H6BrN3S/c12-8-2-1-3-10(4-8)16-11-7-14-9(5-13)6-15-11/h1-4,6-7H. The second-order valence-corrected chi connectivity index (χ2v) is 4.92. The summed E-state index contributed by atoms with van der Waals surface area (Å²) >= 11 is 4.91. The third-order valence-corrected chi connectivity index (χ3v) is 3.16. The van der Waals surface area contributed by atoms with Crippen LogP contribution < -0.4 is 0 Å². The smallest absolute Gasteiger partial charge is 0.158 e. The Labute approximate surface area is 106 Å². The van der Waals surface area contributed by atoms with Crippen LogP contribution in [0.3, 0.4) is 0 Å². The summed E-state index contributed by atoms with van der Waals surface area (Å²) in [5.74, 6) is 0. The first kappa shape index (κ1) is 11.1. The van der Waals surface area contributed by atoms with E-state index in [1.165, 1.54) is 18.0 Å². The Morgan fingerprint density at radius 3 is 2.75 bits per heavy atom. The molecule has 0 fully saturated rings. The first-order valence-electron chi connectivity index (χ1n) is 4.43. The van der Waals surface area contributed by atoms with Gasteiger partial charge < -0.3 is 0 Å². The van der Waals surface area contributed by atoms with Crippen LogP contribution in [0.2, 0.25) is 0 Å². The van der Waals surface area contributed by atoms with Gasteiger partial charge in [-0.25, -0.2) is 9.97 Å². The first-order chi connectivity index (χ1) is 7.78. The minimum absolute atomic E-state index is 0.332. The number of halogens is 1. The molecule has 1 heterocycles. The lowest BCUT2D eigenvalue weighted by Crippen LogP contribution is -1.86. The Bertz CT molecular complexity index is 534. The average Bonchev–Trinajstić information content (AvgIpc) is 2.30. The zero-order valence-electron chi connectivity index (χ0n) is 8.09. The molecule has 16 heavy (non-hydrogen) atoms. The maximum atomic E-state index is 8.59. The minimum atomic E-state index is 0.332. The fraction of sp³-hybridized carbons (Fsp3) is 0. The van der Waals surface area contributed by atoms with E-state index in [1.54, 1.807) is 6.20 Å². The van der Waals surface area contributed by atoms with Crippen LogP contribution in [0.4, 0.5) is 0 Å². The lowest BCUT2D eigenvalue weighted by molar-refractivity contribution is 1.04. The number of aromatic nitrogens is 2. The van der Waals surface area contributed by atoms with Crippen molar-refractivity contribution < 1.29 is 0 Å². The Kier molecular flexibility index (Phi) is 3.54. The van der Waals surface area contributed by atoms with Crippen LogP contribution in [-0.4, -0.2) is 9.97 Å². The lowest BCUT2D eigenvalue weighted by atomic mass is 10.4. The molecule has 0 atom stereocenters. The van der Waals surface area contributed by atoms with Gasteiger partial charge in [0.25, 0.3) is 0 Å². The third-order valence-electron chi connectivity index (χ3n) is 1.76. The van der Waals surface area contributed by atoms with Crippen molar-refractivity contribution in [3.8, 4) is 6.07 Å². The van der Waals surface area contributed by atoms with Crippen LogP contribution in [0.1, 0.15) is 5.69 Å². The van der Waals surface area contributed by atoms with Crippen LogP contribution in [0, 0.1) is 11.3 Å². The summed E-state index contributed by atoms with van der Waals surface area (Å²) < 4.78 is 1.03. The Balaban J connectivity index is 2.18. The van der Waals surface area contributed by atoms with Gasteiger partial charge in [0.05, 0.1) is 12.4 Å². The molecule has 0 amide bonds. The van der Waals surface area contributed by atoms with E-state index in [4.69, 9.17) is 5.26 Å². The summed E-state index contributed by atoms with van der Waals surface area (Å²) in [5.41, 5.74) is 0.332. The molecule has 0 radical (unpaired) electrons. The normalized spacial score (nSPS) is 9.75. The molecule has 0 saturated carbocycles. The van der Waals surface area contributed by atoms with E-state index >= 15 is 0 Å². The topological polar surface area (TPSA) is 49.6 Å². The van der Waals surface area contributed by atoms with Gasteiger partial charge in [-0.2, -0.15) is 5.26 Å². The van der Waals surface area contributed by atoms with Crippen molar-refractivity contribution in [1.29, 1.82) is 5.26 Å². The summed E-state index contributed by atoms with van der Waals surface area (Å²) in [6.45, 7) is 0. The molecule has 0 aliphatic rings. The molecule has 3 nitrogen and oxygen atoms in total. The molecule has 0 aliphatic heterocycles. The van der Waals surface area contributed by atoms with E-state index < -0.39 is 0 Å². The Hall–Kier alpha value is -1.38. The van der Waals surface area contributed by atoms with Crippen molar-refractivity contribution in [2.45, 2.75) is 9.92 Å². The van der Waals surface area contributed by atoms with Gasteiger partial charge >= 0.3 is 0 Å². The van der Waals surface area contributed by atoms with Gasteiger partial charge in [-0.1, -0.05) is 33.8 Å². The number of nitriles is 1. The number of rotatable bonds is 2. The fourth-order valence-electron chi connectivity index (χ4n) is 1.08. The molecule has 0 bridgehead atoms.